The Morgan fingerprint density at radius 2 is 2.12 bits per heavy atom. The van der Waals surface area contributed by atoms with Gasteiger partial charge in [0.1, 0.15) is 5.75 Å². The van der Waals surface area contributed by atoms with E-state index < -0.39 is 0 Å². The zero-order chi connectivity index (χ0) is 12.1. The minimum atomic E-state index is -0.156. The van der Waals surface area contributed by atoms with Crippen molar-refractivity contribution in [3.05, 3.63) is 29.8 Å². The summed E-state index contributed by atoms with van der Waals surface area (Å²) in [6, 6.07) is 6.87. The van der Waals surface area contributed by atoms with Gasteiger partial charge in [-0.2, -0.15) is 0 Å². The highest BCUT2D eigenvalue weighted by Gasteiger charge is 2.18. The fourth-order valence-corrected chi connectivity index (χ4v) is 1.68. The van der Waals surface area contributed by atoms with Crippen LogP contribution in [0.15, 0.2) is 24.3 Å². The van der Waals surface area contributed by atoms with Gasteiger partial charge in [0.2, 0.25) is 5.91 Å². The average Bonchev–Trinajstić information content (AvgIpc) is 2.28. The van der Waals surface area contributed by atoms with Gasteiger partial charge in [0.05, 0.1) is 6.04 Å². The maximum absolute atomic E-state index is 11.6. The number of para-hydroxylation sites is 1. The molecule has 16 heavy (non-hydrogen) atoms. The van der Waals surface area contributed by atoms with Gasteiger partial charge in [0.15, 0.2) is 0 Å². The monoisotopic (exact) mass is 241 g/mol. The molecule has 1 amide bonds. The number of benzene rings is 1. The quantitative estimate of drug-likeness (QED) is 0.823. The van der Waals surface area contributed by atoms with Gasteiger partial charge in [-0.05, 0) is 13.0 Å². The predicted molar refractivity (Wildman–Crippen MR) is 64.6 cm³/mol. The number of phenolic OH excluding ortho intramolecular Hbond substituents is 1. The molecule has 0 spiro atoms. The molecule has 0 aliphatic rings. The summed E-state index contributed by atoms with van der Waals surface area (Å²) < 4.78 is 0. The van der Waals surface area contributed by atoms with E-state index in [0.29, 0.717) is 12.3 Å². The van der Waals surface area contributed by atoms with E-state index in [0.717, 1.165) is 5.56 Å². The number of aromatic hydroxyl groups is 1. The van der Waals surface area contributed by atoms with E-state index in [4.69, 9.17) is 11.6 Å². The second kappa shape index (κ2) is 5.75. The topological polar surface area (TPSA) is 40.5 Å². The highest BCUT2D eigenvalue weighted by molar-refractivity contribution is 6.18. The molecule has 1 unspecified atom stereocenters. The number of hydrogen-bond donors (Lipinski definition) is 1. The van der Waals surface area contributed by atoms with Crippen LogP contribution in [0.5, 0.6) is 5.75 Å². The Kier molecular flexibility index (Phi) is 4.62. The number of carbonyl (C=O) groups is 1. The second-order valence-electron chi connectivity index (χ2n) is 3.68. The number of nitrogens with zero attached hydrogens (tertiary/aromatic N) is 1. The zero-order valence-corrected chi connectivity index (χ0v) is 10.2. The first-order chi connectivity index (χ1) is 7.57. The van der Waals surface area contributed by atoms with Crippen molar-refractivity contribution in [3.8, 4) is 5.75 Å². The van der Waals surface area contributed by atoms with Crippen LogP contribution in [0.3, 0.4) is 0 Å². The molecule has 0 heterocycles. The van der Waals surface area contributed by atoms with E-state index in [-0.39, 0.29) is 17.7 Å². The SMILES string of the molecule is CC(c1ccccc1O)N(C)C(=O)CCCl. The molecule has 0 aliphatic carbocycles. The molecule has 0 radical (unpaired) electrons. The summed E-state index contributed by atoms with van der Waals surface area (Å²) in [5.41, 5.74) is 0.743. The van der Waals surface area contributed by atoms with Crippen LogP contribution >= 0.6 is 11.6 Å². The molecule has 0 saturated heterocycles. The van der Waals surface area contributed by atoms with Crippen LogP contribution in [0, 0.1) is 0 Å². The molecule has 4 heteroatoms. The summed E-state index contributed by atoms with van der Waals surface area (Å²) in [5.74, 6) is 0.503. The second-order valence-corrected chi connectivity index (χ2v) is 4.06. The highest BCUT2D eigenvalue weighted by Crippen LogP contribution is 2.27. The Labute approximate surface area is 101 Å². The first-order valence-electron chi connectivity index (χ1n) is 5.17. The molecule has 0 fully saturated rings. The van der Waals surface area contributed by atoms with Crippen LogP contribution < -0.4 is 0 Å². The van der Waals surface area contributed by atoms with Crippen LogP contribution in [0.4, 0.5) is 0 Å². The summed E-state index contributed by atoms with van der Waals surface area (Å²) in [6.45, 7) is 1.88. The lowest BCUT2D eigenvalue weighted by molar-refractivity contribution is -0.131. The lowest BCUT2D eigenvalue weighted by Gasteiger charge is -2.25. The fraction of sp³-hybridized carbons (Fsp3) is 0.417. The molecule has 0 aromatic heterocycles. The molecule has 88 valence electrons. The van der Waals surface area contributed by atoms with Crippen molar-refractivity contribution >= 4 is 17.5 Å². The zero-order valence-electron chi connectivity index (χ0n) is 9.48. The summed E-state index contributed by atoms with van der Waals surface area (Å²) >= 11 is 5.53. The molecular formula is C12H16ClNO2. The van der Waals surface area contributed by atoms with E-state index in [2.05, 4.69) is 0 Å². The molecule has 1 aromatic rings. The van der Waals surface area contributed by atoms with E-state index in [1.165, 1.54) is 0 Å². The number of rotatable bonds is 4. The minimum Gasteiger partial charge on any atom is -0.508 e. The largest absolute Gasteiger partial charge is 0.508 e. The van der Waals surface area contributed by atoms with Gasteiger partial charge in [0.25, 0.3) is 0 Å². The van der Waals surface area contributed by atoms with Gasteiger partial charge in [-0.15, -0.1) is 11.6 Å². The lowest BCUT2D eigenvalue weighted by atomic mass is 10.1. The van der Waals surface area contributed by atoms with Crippen molar-refractivity contribution in [2.24, 2.45) is 0 Å². The normalized spacial score (nSPS) is 12.2. The van der Waals surface area contributed by atoms with Crippen molar-refractivity contribution in [1.29, 1.82) is 0 Å². The van der Waals surface area contributed by atoms with Crippen LogP contribution in [0.1, 0.15) is 24.9 Å². The lowest BCUT2D eigenvalue weighted by Crippen LogP contribution is -2.29. The van der Waals surface area contributed by atoms with Crippen molar-refractivity contribution < 1.29 is 9.90 Å². The number of phenols is 1. The molecule has 3 nitrogen and oxygen atoms in total. The summed E-state index contributed by atoms with van der Waals surface area (Å²) in [4.78, 5) is 13.2. The Morgan fingerprint density at radius 3 is 2.69 bits per heavy atom. The van der Waals surface area contributed by atoms with Crippen molar-refractivity contribution in [3.63, 3.8) is 0 Å². The minimum absolute atomic E-state index is 0.0225. The Morgan fingerprint density at radius 1 is 1.50 bits per heavy atom. The van der Waals surface area contributed by atoms with Gasteiger partial charge in [-0.1, -0.05) is 18.2 Å². The molecule has 0 aliphatic heterocycles. The number of carbonyl (C=O) groups excluding carboxylic acids is 1. The van der Waals surface area contributed by atoms with Crippen LogP contribution in [-0.4, -0.2) is 28.8 Å². The third kappa shape index (κ3) is 2.89. The number of alkyl halides is 1. The van der Waals surface area contributed by atoms with E-state index in [1.54, 1.807) is 24.1 Å². The Bertz CT molecular complexity index is 368. The highest BCUT2D eigenvalue weighted by atomic mass is 35.5. The summed E-state index contributed by atoms with van der Waals surface area (Å²) in [7, 11) is 1.71. The van der Waals surface area contributed by atoms with Gasteiger partial charge >= 0.3 is 0 Å². The first-order valence-corrected chi connectivity index (χ1v) is 5.71. The maximum atomic E-state index is 11.6. The Balaban J connectivity index is 2.82. The number of halogens is 1. The van der Waals surface area contributed by atoms with Crippen LogP contribution in [-0.2, 0) is 4.79 Å². The number of amides is 1. The standard InChI is InChI=1S/C12H16ClNO2/c1-9(14(2)12(16)7-8-13)10-5-3-4-6-11(10)15/h3-6,9,15H,7-8H2,1-2H3. The van der Waals surface area contributed by atoms with Crippen LogP contribution in [0.25, 0.3) is 0 Å². The van der Waals surface area contributed by atoms with E-state index >= 15 is 0 Å². The van der Waals surface area contributed by atoms with Gasteiger partial charge < -0.3 is 10.0 Å². The summed E-state index contributed by atoms with van der Waals surface area (Å²) in [6.07, 6.45) is 0.315. The maximum Gasteiger partial charge on any atom is 0.224 e. The van der Waals surface area contributed by atoms with Crippen molar-refractivity contribution in [2.75, 3.05) is 12.9 Å². The number of hydrogen-bond acceptors (Lipinski definition) is 2. The van der Waals surface area contributed by atoms with Gasteiger partial charge in [0, 0.05) is 24.9 Å². The summed E-state index contributed by atoms with van der Waals surface area (Å²) in [5, 5.41) is 9.68. The smallest absolute Gasteiger partial charge is 0.224 e. The van der Waals surface area contributed by atoms with Gasteiger partial charge in [-0.25, -0.2) is 0 Å². The third-order valence-corrected chi connectivity index (χ3v) is 2.86. The van der Waals surface area contributed by atoms with Crippen LogP contribution in [0.2, 0.25) is 0 Å². The first kappa shape index (κ1) is 12.8. The molecule has 1 atom stereocenters. The van der Waals surface area contributed by atoms with E-state index in [1.807, 2.05) is 19.1 Å². The molecule has 1 rings (SSSR count). The predicted octanol–water partition coefficient (Wildman–Crippen LogP) is 2.54. The third-order valence-electron chi connectivity index (χ3n) is 2.67. The molecule has 0 bridgehead atoms. The molecule has 0 saturated carbocycles. The molecular weight excluding hydrogens is 226 g/mol. The molecule has 1 aromatic carbocycles. The van der Waals surface area contributed by atoms with Crippen molar-refractivity contribution in [1.82, 2.24) is 4.90 Å². The molecule has 1 N–H and O–H groups in total. The Hall–Kier alpha value is -1.22. The van der Waals surface area contributed by atoms with Gasteiger partial charge in [-0.3, -0.25) is 4.79 Å². The fourth-order valence-electron chi connectivity index (χ4n) is 1.52. The average molecular weight is 242 g/mol. The van der Waals surface area contributed by atoms with Crippen molar-refractivity contribution in [2.45, 2.75) is 19.4 Å². The van der Waals surface area contributed by atoms with E-state index in [9.17, 15) is 9.90 Å².